The van der Waals surface area contributed by atoms with Crippen LogP contribution >= 0.6 is 0 Å². The van der Waals surface area contributed by atoms with Crippen LogP contribution in [0.5, 0.6) is 0 Å². The Balaban J connectivity index is 1.51. The summed E-state index contributed by atoms with van der Waals surface area (Å²) in [6.07, 6.45) is 5.52. The van der Waals surface area contributed by atoms with Crippen LogP contribution in [0.1, 0.15) is 61.2 Å². The lowest BCUT2D eigenvalue weighted by atomic mass is 9.74. The van der Waals surface area contributed by atoms with Crippen molar-refractivity contribution in [1.29, 1.82) is 0 Å². The third kappa shape index (κ3) is 2.18. The van der Waals surface area contributed by atoms with Crippen LogP contribution in [0.4, 0.5) is 0 Å². The van der Waals surface area contributed by atoms with E-state index in [1.807, 2.05) is 11.0 Å². The fourth-order valence-corrected chi connectivity index (χ4v) is 3.90. The molecule has 1 amide bonds. The molecule has 2 aliphatic heterocycles. The van der Waals surface area contributed by atoms with Crippen molar-refractivity contribution in [3.05, 3.63) is 17.5 Å². The Kier molecular flexibility index (Phi) is 3.06. The molecule has 1 saturated carbocycles. The molecular formula is C16H22N2O3. The molecule has 0 radical (unpaired) electrons. The van der Waals surface area contributed by atoms with Crippen LogP contribution in [0.3, 0.4) is 0 Å². The standard InChI is InChI=1S/C16H22N2O3/c1-11-16(5-8-20-9-6-16)4-7-18(11)15(19)13-10-14(21-17-13)12-2-3-12/h10-12H,2-9H2,1H3. The summed E-state index contributed by atoms with van der Waals surface area (Å²) in [5.41, 5.74) is 0.726. The molecule has 21 heavy (non-hydrogen) atoms. The van der Waals surface area contributed by atoms with E-state index in [9.17, 15) is 4.79 Å². The average molecular weight is 290 g/mol. The third-order valence-electron chi connectivity index (χ3n) is 5.68. The molecule has 114 valence electrons. The van der Waals surface area contributed by atoms with Crippen molar-refractivity contribution in [2.45, 2.75) is 51.0 Å². The molecule has 5 heteroatoms. The topological polar surface area (TPSA) is 55.6 Å². The minimum absolute atomic E-state index is 0.0292. The summed E-state index contributed by atoms with van der Waals surface area (Å²) in [4.78, 5) is 14.7. The van der Waals surface area contributed by atoms with Gasteiger partial charge in [0, 0.05) is 37.8 Å². The molecule has 1 atom stereocenters. The van der Waals surface area contributed by atoms with Gasteiger partial charge in [0.25, 0.3) is 5.91 Å². The van der Waals surface area contributed by atoms with Crippen LogP contribution in [-0.2, 0) is 4.74 Å². The lowest BCUT2D eigenvalue weighted by Gasteiger charge is -2.38. The average Bonchev–Trinajstić information content (AvgIpc) is 3.17. The lowest BCUT2D eigenvalue weighted by Crippen LogP contribution is -2.43. The Hall–Kier alpha value is -1.36. The molecule has 0 bridgehead atoms. The second-order valence-electron chi connectivity index (χ2n) is 6.79. The van der Waals surface area contributed by atoms with E-state index in [2.05, 4.69) is 12.1 Å². The van der Waals surface area contributed by atoms with Gasteiger partial charge in [0.1, 0.15) is 5.76 Å². The lowest BCUT2D eigenvalue weighted by molar-refractivity contribution is 0.0000513. The van der Waals surface area contributed by atoms with E-state index in [4.69, 9.17) is 9.26 Å². The van der Waals surface area contributed by atoms with Gasteiger partial charge in [-0.3, -0.25) is 4.79 Å². The monoisotopic (exact) mass is 290 g/mol. The van der Waals surface area contributed by atoms with Gasteiger partial charge < -0.3 is 14.2 Å². The third-order valence-corrected chi connectivity index (χ3v) is 5.68. The van der Waals surface area contributed by atoms with Crippen LogP contribution in [0, 0.1) is 5.41 Å². The van der Waals surface area contributed by atoms with Crippen LogP contribution in [0.25, 0.3) is 0 Å². The number of nitrogens with zero attached hydrogens (tertiary/aromatic N) is 2. The summed E-state index contributed by atoms with van der Waals surface area (Å²) in [6, 6.07) is 2.11. The Labute approximate surface area is 124 Å². The van der Waals surface area contributed by atoms with Crippen LogP contribution < -0.4 is 0 Å². The number of ether oxygens (including phenoxy) is 1. The van der Waals surface area contributed by atoms with E-state index in [-0.39, 0.29) is 17.4 Å². The van der Waals surface area contributed by atoms with E-state index < -0.39 is 0 Å². The number of amides is 1. The van der Waals surface area contributed by atoms with Crippen molar-refractivity contribution in [3.8, 4) is 0 Å². The first kappa shape index (κ1) is 13.3. The maximum atomic E-state index is 12.7. The second-order valence-corrected chi connectivity index (χ2v) is 6.79. The van der Waals surface area contributed by atoms with Crippen LogP contribution in [0.15, 0.2) is 10.6 Å². The van der Waals surface area contributed by atoms with Crippen molar-refractivity contribution in [3.63, 3.8) is 0 Å². The summed E-state index contributed by atoms with van der Waals surface area (Å²) in [6.45, 7) is 4.65. The summed E-state index contributed by atoms with van der Waals surface area (Å²) in [5.74, 6) is 1.41. The summed E-state index contributed by atoms with van der Waals surface area (Å²) in [5, 5.41) is 4.00. The molecule has 3 aliphatic rings. The molecule has 1 aromatic rings. The number of hydrogen-bond donors (Lipinski definition) is 0. The van der Waals surface area contributed by atoms with Crippen molar-refractivity contribution < 1.29 is 14.1 Å². The quantitative estimate of drug-likeness (QED) is 0.840. The molecule has 5 nitrogen and oxygen atoms in total. The zero-order valence-electron chi connectivity index (χ0n) is 12.5. The normalized spacial score (nSPS) is 28.2. The van der Waals surface area contributed by atoms with Crippen molar-refractivity contribution in [2.24, 2.45) is 5.41 Å². The zero-order valence-corrected chi connectivity index (χ0v) is 12.5. The minimum atomic E-state index is 0.0292. The molecule has 1 aromatic heterocycles. The first-order chi connectivity index (χ1) is 10.2. The predicted octanol–water partition coefficient (Wildman–Crippen LogP) is 2.58. The van der Waals surface area contributed by atoms with E-state index in [1.54, 1.807) is 0 Å². The van der Waals surface area contributed by atoms with Crippen molar-refractivity contribution in [2.75, 3.05) is 19.8 Å². The molecule has 0 N–H and O–H groups in total. The van der Waals surface area contributed by atoms with E-state index >= 15 is 0 Å². The van der Waals surface area contributed by atoms with Crippen LogP contribution in [0.2, 0.25) is 0 Å². The Morgan fingerprint density at radius 2 is 2.10 bits per heavy atom. The van der Waals surface area contributed by atoms with Gasteiger partial charge in [-0.2, -0.15) is 0 Å². The second kappa shape index (κ2) is 4.83. The minimum Gasteiger partial charge on any atom is -0.381 e. The fourth-order valence-electron chi connectivity index (χ4n) is 3.90. The summed E-state index contributed by atoms with van der Waals surface area (Å²) in [7, 11) is 0. The van der Waals surface area contributed by atoms with E-state index in [0.717, 1.165) is 57.6 Å². The van der Waals surface area contributed by atoms with Gasteiger partial charge in [0.2, 0.25) is 0 Å². The highest BCUT2D eigenvalue weighted by atomic mass is 16.5. The predicted molar refractivity (Wildman–Crippen MR) is 76.1 cm³/mol. The fraction of sp³-hybridized carbons (Fsp3) is 0.750. The maximum absolute atomic E-state index is 12.7. The number of aromatic nitrogens is 1. The zero-order chi connectivity index (χ0) is 14.4. The van der Waals surface area contributed by atoms with Gasteiger partial charge in [-0.1, -0.05) is 5.16 Å². The highest BCUT2D eigenvalue weighted by molar-refractivity contribution is 5.92. The Morgan fingerprint density at radius 1 is 1.33 bits per heavy atom. The Morgan fingerprint density at radius 3 is 2.81 bits per heavy atom. The highest BCUT2D eigenvalue weighted by Gasteiger charge is 2.47. The van der Waals surface area contributed by atoms with Gasteiger partial charge in [-0.05, 0) is 44.4 Å². The van der Waals surface area contributed by atoms with Gasteiger partial charge in [-0.15, -0.1) is 0 Å². The SMILES string of the molecule is CC1N(C(=O)c2cc(C3CC3)on2)CCC12CCOCC2. The molecule has 4 rings (SSSR count). The first-order valence-corrected chi connectivity index (χ1v) is 8.05. The molecule has 1 spiro atoms. The summed E-state index contributed by atoms with van der Waals surface area (Å²) < 4.78 is 10.8. The molecular weight excluding hydrogens is 268 g/mol. The number of carbonyl (C=O) groups excluding carboxylic acids is 1. The Bertz CT molecular complexity index is 543. The van der Waals surface area contributed by atoms with Crippen molar-refractivity contribution >= 4 is 5.91 Å². The highest BCUT2D eigenvalue weighted by Crippen LogP contribution is 2.45. The molecule has 3 heterocycles. The number of likely N-dealkylation sites (tertiary alicyclic amines) is 1. The number of rotatable bonds is 2. The van der Waals surface area contributed by atoms with Gasteiger partial charge >= 0.3 is 0 Å². The van der Waals surface area contributed by atoms with Gasteiger partial charge in [-0.25, -0.2) is 0 Å². The first-order valence-electron chi connectivity index (χ1n) is 8.05. The van der Waals surface area contributed by atoms with E-state index in [0.29, 0.717) is 11.6 Å². The number of hydrogen-bond acceptors (Lipinski definition) is 4. The smallest absolute Gasteiger partial charge is 0.276 e. The molecule has 0 aromatic carbocycles. The maximum Gasteiger partial charge on any atom is 0.276 e. The molecule has 1 unspecified atom stereocenters. The summed E-state index contributed by atoms with van der Waals surface area (Å²) >= 11 is 0. The molecule has 1 aliphatic carbocycles. The van der Waals surface area contributed by atoms with E-state index in [1.165, 1.54) is 0 Å². The van der Waals surface area contributed by atoms with Gasteiger partial charge in [0.15, 0.2) is 5.69 Å². The molecule has 3 fully saturated rings. The van der Waals surface area contributed by atoms with Crippen LogP contribution in [-0.4, -0.2) is 41.8 Å². The number of carbonyl (C=O) groups is 1. The largest absolute Gasteiger partial charge is 0.381 e. The molecule has 2 saturated heterocycles. The van der Waals surface area contributed by atoms with Gasteiger partial charge in [0.05, 0.1) is 0 Å². The van der Waals surface area contributed by atoms with Crippen molar-refractivity contribution in [1.82, 2.24) is 10.1 Å².